The Balaban J connectivity index is 2.37. The molecule has 0 aliphatic rings. The van der Waals surface area contributed by atoms with Crippen LogP contribution in [0.1, 0.15) is 6.92 Å². The summed E-state index contributed by atoms with van der Waals surface area (Å²) in [6.45, 7) is 2.72. The lowest BCUT2D eigenvalue weighted by Crippen LogP contribution is -1.97. The standard InChI is InChI=1S/C15H14N2O2/c1-2-17-11-7-4-3-6-10(11)16-15(17)14-12(18)8-5-9-13(14)19/h3-9,18-19H,2H2,1H3. The smallest absolute Gasteiger partial charge is 0.148 e. The first kappa shape index (κ1) is 11.6. The highest BCUT2D eigenvalue weighted by Crippen LogP contribution is 2.37. The van der Waals surface area contributed by atoms with Crippen LogP contribution in [0.15, 0.2) is 42.5 Å². The lowest BCUT2D eigenvalue weighted by atomic mass is 10.1. The van der Waals surface area contributed by atoms with Crippen molar-refractivity contribution in [1.29, 1.82) is 0 Å². The maximum absolute atomic E-state index is 9.98. The first-order chi connectivity index (χ1) is 9.22. The Kier molecular flexibility index (Phi) is 2.63. The third-order valence-electron chi connectivity index (χ3n) is 3.21. The normalized spacial score (nSPS) is 11.0. The van der Waals surface area contributed by atoms with Crippen LogP contribution in [0.25, 0.3) is 22.4 Å². The van der Waals surface area contributed by atoms with Crippen LogP contribution in [-0.2, 0) is 6.54 Å². The van der Waals surface area contributed by atoms with E-state index in [2.05, 4.69) is 4.98 Å². The van der Waals surface area contributed by atoms with Gasteiger partial charge < -0.3 is 14.8 Å². The topological polar surface area (TPSA) is 58.3 Å². The number of imidazole rings is 1. The van der Waals surface area contributed by atoms with E-state index in [1.807, 2.05) is 35.8 Å². The fourth-order valence-corrected chi connectivity index (χ4v) is 2.34. The van der Waals surface area contributed by atoms with Crippen LogP contribution < -0.4 is 0 Å². The van der Waals surface area contributed by atoms with Gasteiger partial charge in [-0.3, -0.25) is 0 Å². The van der Waals surface area contributed by atoms with Crippen molar-refractivity contribution >= 4 is 11.0 Å². The molecule has 0 aliphatic heterocycles. The number of aromatic nitrogens is 2. The molecule has 1 heterocycles. The molecule has 0 amide bonds. The summed E-state index contributed by atoms with van der Waals surface area (Å²) in [5.74, 6) is 0.648. The summed E-state index contributed by atoms with van der Waals surface area (Å²) in [6.07, 6.45) is 0. The van der Waals surface area contributed by atoms with Gasteiger partial charge in [-0.2, -0.15) is 0 Å². The van der Waals surface area contributed by atoms with Crippen molar-refractivity contribution in [2.45, 2.75) is 13.5 Å². The van der Waals surface area contributed by atoms with E-state index >= 15 is 0 Å². The van der Waals surface area contributed by atoms with E-state index in [1.165, 1.54) is 0 Å². The number of para-hydroxylation sites is 2. The zero-order chi connectivity index (χ0) is 13.4. The minimum atomic E-state index is 0.0324. The van der Waals surface area contributed by atoms with E-state index in [0.717, 1.165) is 11.0 Å². The van der Waals surface area contributed by atoms with Crippen molar-refractivity contribution in [2.75, 3.05) is 0 Å². The minimum Gasteiger partial charge on any atom is -0.507 e. The zero-order valence-electron chi connectivity index (χ0n) is 10.5. The van der Waals surface area contributed by atoms with Crippen molar-refractivity contribution in [2.24, 2.45) is 0 Å². The predicted molar refractivity (Wildman–Crippen MR) is 74.2 cm³/mol. The number of fused-ring (bicyclic) bond motifs is 1. The number of hydrogen-bond acceptors (Lipinski definition) is 3. The van der Waals surface area contributed by atoms with Gasteiger partial charge in [0.2, 0.25) is 0 Å². The average molecular weight is 254 g/mol. The number of rotatable bonds is 2. The molecule has 19 heavy (non-hydrogen) atoms. The molecule has 0 fully saturated rings. The first-order valence-corrected chi connectivity index (χ1v) is 6.19. The molecule has 0 aliphatic carbocycles. The van der Waals surface area contributed by atoms with Crippen LogP contribution in [0.5, 0.6) is 11.5 Å². The van der Waals surface area contributed by atoms with Gasteiger partial charge in [-0.25, -0.2) is 4.98 Å². The van der Waals surface area contributed by atoms with Crippen molar-refractivity contribution in [3.8, 4) is 22.9 Å². The summed E-state index contributed by atoms with van der Waals surface area (Å²) < 4.78 is 1.98. The number of benzene rings is 2. The van der Waals surface area contributed by atoms with Gasteiger partial charge in [-0.05, 0) is 31.2 Å². The van der Waals surface area contributed by atoms with Crippen molar-refractivity contribution in [3.05, 3.63) is 42.5 Å². The summed E-state index contributed by atoms with van der Waals surface area (Å²) in [7, 11) is 0. The molecule has 0 bridgehead atoms. The maximum Gasteiger partial charge on any atom is 0.148 e. The summed E-state index contributed by atoms with van der Waals surface area (Å²) in [6, 6.07) is 12.5. The highest BCUT2D eigenvalue weighted by molar-refractivity contribution is 5.83. The number of nitrogens with zero attached hydrogens (tertiary/aromatic N) is 2. The number of aromatic hydroxyl groups is 2. The van der Waals surface area contributed by atoms with Crippen LogP contribution in [-0.4, -0.2) is 19.8 Å². The Morgan fingerprint density at radius 1 is 1.00 bits per heavy atom. The molecule has 0 saturated heterocycles. The molecule has 96 valence electrons. The zero-order valence-corrected chi connectivity index (χ0v) is 10.5. The summed E-state index contributed by atoms with van der Waals surface area (Å²) in [5, 5.41) is 20.0. The van der Waals surface area contributed by atoms with Crippen LogP contribution in [0.4, 0.5) is 0 Å². The Bertz CT molecular complexity index is 727. The fraction of sp³-hybridized carbons (Fsp3) is 0.133. The predicted octanol–water partition coefficient (Wildman–Crippen LogP) is 3.13. The van der Waals surface area contributed by atoms with Crippen LogP contribution in [0.2, 0.25) is 0 Å². The minimum absolute atomic E-state index is 0.0324. The SMILES string of the molecule is CCn1c(-c2c(O)cccc2O)nc2ccccc21. The van der Waals surface area contributed by atoms with Crippen molar-refractivity contribution in [1.82, 2.24) is 9.55 Å². The molecule has 0 atom stereocenters. The quantitative estimate of drug-likeness (QED) is 0.738. The molecule has 1 aromatic heterocycles. The molecule has 3 rings (SSSR count). The highest BCUT2D eigenvalue weighted by Gasteiger charge is 2.17. The largest absolute Gasteiger partial charge is 0.507 e. The molecular formula is C15H14N2O2. The summed E-state index contributed by atoms with van der Waals surface area (Å²) in [4.78, 5) is 4.52. The lowest BCUT2D eigenvalue weighted by molar-refractivity contribution is 0.453. The van der Waals surface area contributed by atoms with Gasteiger partial charge in [-0.1, -0.05) is 18.2 Å². The van der Waals surface area contributed by atoms with Gasteiger partial charge >= 0.3 is 0 Å². The average Bonchev–Trinajstić information content (AvgIpc) is 2.76. The second kappa shape index (κ2) is 4.31. The van der Waals surface area contributed by atoms with Crippen LogP contribution in [0.3, 0.4) is 0 Å². The molecular weight excluding hydrogens is 240 g/mol. The number of hydrogen-bond donors (Lipinski definition) is 2. The van der Waals surface area contributed by atoms with E-state index < -0.39 is 0 Å². The van der Waals surface area contributed by atoms with Crippen LogP contribution >= 0.6 is 0 Å². The molecule has 0 saturated carbocycles. The van der Waals surface area contributed by atoms with E-state index in [1.54, 1.807) is 18.2 Å². The second-order valence-electron chi connectivity index (χ2n) is 4.34. The van der Waals surface area contributed by atoms with E-state index in [9.17, 15) is 10.2 Å². The monoisotopic (exact) mass is 254 g/mol. The van der Waals surface area contributed by atoms with Gasteiger partial charge in [0.05, 0.1) is 11.0 Å². The molecule has 4 heteroatoms. The molecule has 4 nitrogen and oxygen atoms in total. The number of phenols is 2. The lowest BCUT2D eigenvalue weighted by Gasteiger charge is -2.09. The van der Waals surface area contributed by atoms with Crippen molar-refractivity contribution in [3.63, 3.8) is 0 Å². The Morgan fingerprint density at radius 3 is 2.37 bits per heavy atom. The third-order valence-corrected chi connectivity index (χ3v) is 3.21. The Labute approximate surface area is 110 Å². The molecule has 0 spiro atoms. The number of phenolic OH excluding ortho intramolecular Hbond substituents is 2. The van der Waals surface area contributed by atoms with Gasteiger partial charge in [0.25, 0.3) is 0 Å². The molecule has 0 unspecified atom stereocenters. The van der Waals surface area contributed by atoms with E-state index in [4.69, 9.17) is 0 Å². The van der Waals surface area contributed by atoms with Gasteiger partial charge in [0.15, 0.2) is 0 Å². The second-order valence-corrected chi connectivity index (χ2v) is 4.34. The fourth-order valence-electron chi connectivity index (χ4n) is 2.34. The van der Waals surface area contributed by atoms with Gasteiger partial charge in [0.1, 0.15) is 22.9 Å². The first-order valence-electron chi connectivity index (χ1n) is 6.19. The highest BCUT2D eigenvalue weighted by atomic mass is 16.3. The van der Waals surface area contributed by atoms with Gasteiger partial charge in [-0.15, -0.1) is 0 Å². The number of aryl methyl sites for hydroxylation is 1. The Hall–Kier alpha value is -2.49. The molecule has 2 N–H and O–H groups in total. The molecule has 0 radical (unpaired) electrons. The summed E-state index contributed by atoms with van der Waals surface area (Å²) in [5.41, 5.74) is 2.21. The summed E-state index contributed by atoms with van der Waals surface area (Å²) >= 11 is 0. The van der Waals surface area contributed by atoms with Crippen LogP contribution in [0, 0.1) is 0 Å². The van der Waals surface area contributed by atoms with Crippen molar-refractivity contribution < 1.29 is 10.2 Å². The maximum atomic E-state index is 9.98. The molecule has 2 aromatic carbocycles. The molecule has 3 aromatic rings. The Morgan fingerprint density at radius 2 is 1.68 bits per heavy atom. The van der Waals surface area contributed by atoms with E-state index in [-0.39, 0.29) is 11.5 Å². The van der Waals surface area contributed by atoms with E-state index in [0.29, 0.717) is 17.9 Å². The third kappa shape index (κ3) is 1.73. The van der Waals surface area contributed by atoms with Gasteiger partial charge in [0, 0.05) is 6.54 Å².